The van der Waals surface area contributed by atoms with E-state index in [1.165, 1.54) is 24.0 Å². The van der Waals surface area contributed by atoms with Gasteiger partial charge in [-0.15, -0.1) is 11.6 Å². The van der Waals surface area contributed by atoms with Crippen LogP contribution in [0.2, 0.25) is 5.02 Å². The molecular weight excluding hydrogens is 371 g/mol. The van der Waals surface area contributed by atoms with Crippen LogP contribution >= 0.6 is 39.1 Å². The highest BCUT2D eigenvalue weighted by Gasteiger charge is 2.21. The first-order valence-corrected chi connectivity index (χ1v) is 8.49. The van der Waals surface area contributed by atoms with Crippen molar-refractivity contribution in [2.24, 2.45) is 0 Å². The molecule has 2 aromatic carbocycles. The Balaban J connectivity index is 2.04. The Kier molecular flexibility index (Phi) is 4.49. The molecule has 0 amide bonds. The van der Waals surface area contributed by atoms with E-state index < -0.39 is 0 Å². The van der Waals surface area contributed by atoms with Crippen molar-refractivity contribution in [3.8, 4) is 5.75 Å². The lowest BCUT2D eigenvalue weighted by Gasteiger charge is -2.17. The van der Waals surface area contributed by atoms with Gasteiger partial charge in [-0.25, -0.2) is 0 Å². The van der Waals surface area contributed by atoms with Crippen molar-refractivity contribution in [2.75, 3.05) is 7.11 Å². The number of halogens is 3. The third-order valence-corrected chi connectivity index (χ3v) is 5.22. The van der Waals surface area contributed by atoms with Crippen LogP contribution in [0.3, 0.4) is 0 Å². The molecule has 1 unspecified atom stereocenters. The molecule has 0 aliphatic heterocycles. The standard InChI is InChI=1S/C17H15BrCl2O/c1-21-17-14(8-13(19)9-15(17)18)16(20)12-6-5-10-3-2-4-11(10)7-12/h5-9,16H,2-4H2,1H3. The predicted molar refractivity (Wildman–Crippen MR) is 91.9 cm³/mol. The first-order valence-electron chi connectivity index (χ1n) is 6.89. The Hall–Kier alpha value is -0.700. The summed E-state index contributed by atoms with van der Waals surface area (Å²) in [5.74, 6) is 0.736. The van der Waals surface area contributed by atoms with E-state index in [4.69, 9.17) is 27.9 Å². The molecule has 4 heteroatoms. The fourth-order valence-electron chi connectivity index (χ4n) is 2.91. The van der Waals surface area contributed by atoms with Crippen LogP contribution in [0.5, 0.6) is 5.75 Å². The van der Waals surface area contributed by atoms with Crippen LogP contribution in [0.15, 0.2) is 34.8 Å². The first-order chi connectivity index (χ1) is 10.1. The van der Waals surface area contributed by atoms with Gasteiger partial charge in [-0.3, -0.25) is 0 Å². The molecule has 0 spiro atoms. The van der Waals surface area contributed by atoms with E-state index in [9.17, 15) is 0 Å². The van der Waals surface area contributed by atoms with Crippen LogP contribution in [0.4, 0.5) is 0 Å². The maximum absolute atomic E-state index is 6.70. The van der Waals surface area contributed by atoms with Gasteiger partial charge in [-0.2, -0.15) is 0 Å². The van der Waals surface area contributed by atoms with Crippen molar-refractivity contribution >= 4 is 39.1 Å². The van der Waals surface area contributed by atoms with E-state index in [-0.39, 0.29) is 5.38 Å². The molecule has 0 heterocycles. The number of alkyl halides is 1. The number of hydrogen-bond donors (Lipinski definition) is 0. The van der Waals surface area contributed by atoms with Crippen molar-refractivity contribution in [3.63, 3.8) is 0 Å². The molecule has 2 aromatic rings. The summed E-state index contributed by atoms with van der Waals surface area (Å²) < 4.78 is 6.30. The second kappa shape index (κ2) is 6.20. The fraction of sp³-hybridized carbons (Fsp3) is 0.294. The number of aryl methyl sites for hydroxylation is 2. The van der Waals surface area contributed by atoms with Gasteiger partial charge in [0.2, 0.25) is 0 Å². The smallest absolute Gasteiger partial charge is 0.138 e. The topological polar surface area (TPSA) is 9.23 Å². The third-order valence-electron chi connectivity index (χ3n) is 3.93. The zero-order valence-electron chi connectivity index (χ0n) is 11.6. The minimum absolute atomic E-state index is 0.277. The Morgan fingerprint density at radius 1 is 1.14 bits per heavy atom. The molecule has 0 aromatic heterocycles. The molecule has 0 N–H and O–H groups in total. The molecule has 110 valence electrons. The summed E-state index contributed by atoms with van der Waals surface area (Å²) >= 11 is 16.3. The third kappa shape index (κ3) is 2.94. The van der Waals surface area contributed by atoms with Crippen molar-refractivity contribution in [1.29, 1.82) is 0 Å². The molecule has 1 aliphatic rings. The Morgan fingerprint density at radius 3 is 2.67 bits per heavy atom. The second-order valence-corrected chi connectivity index (χ2v) is 6.98. The molecule has 1 aliphatic carbocycles. The largest absolute Gasteiger partial charge is 0.495 e. The highest BCUT2D eigenvalue weighted by atomic mass is 79.9. The van der Waals surface area contributed by atoms with Gasteiger partial charge in [-0.05, 0) is 64.0 Å². The molecule has 3 rings (SSSR count). The minimum atomic E-state index is -0.277. The molecule has 1 atom stereocenters. The number of ether oxygens (including phenoxy) is 1. The highest BCUT2D eigenvalue weighted by molar-refractivity contribution is 9.10. The zero-order valence-corrected chi connectivity index (χ0v) is 14.7. The molecular formula is C17H15BrCl2O. The molecule has 0 bridgehead atoms. The number of benzene rings is 2. The molecule has 1 nitrogen and oxygen atoms in total. The van der Waals surface area contributed by atoms with Crippen molar-refractivity contribution in [3.05, 3.63) is 62.1 Å². The molecule has 0 radical (unpaired) electrons. The van der Waals surface area contributed by atoms with E-state index in [1.807, 2.05) is 12.1 Å². The van der Waals surface area contributed by atoms with Crippen LogP contribution in [0.1, 0.15) is 34.1 Å². The molecule has 0 fully saturated rings. The Labute approximate surface area is 143 Å². The van der Waals surface area contributed by atoms with Gasteiger partial charge < -0.3 is 4.74 Å². The van der Waals surface area contributed by atoms with E-state index >= 15 is 0 Å². The summed E-state index contributed by atoms with van der Waals surface area (Å²) in [5, 5.41) is 0.366. The number of fused-ring (bicyclic) bond motifs is 1. The quantitative estimate of drug-likeness (QED) is 0.595. The minimum Gasteiger partial charge on any atom is -0.495 e. The highest BCUT2D eigenvalue weighted by Crippen LogP contribution is 2.41. The SMILES string of the molecule is COc1c(Br)cc(Cl)cc1C(Cl)c1ccc2c(c1)CCC2. The summed E-state index contributed by atoms with van der Waals surface area (Å²) in [6.45, 7) is 0. The van der Waals surface area contributed by atoms with Crippen molar-refractivity contribution in [2.45, 2.75) is 24.6 Å². The molecule has 21 heavy (non-hydrogen) atoms. The summed E-state index contributed by atoms with van der Waals surface area (Å²) in [6, 6.07) is 10.2. The maximum Gasteiger partial charge on any atom is 0.138 e. The summed E-state index contributed by atoms with van der Waals surface area (Å²) in [4.78, 5) is 0. The van der Waals surface area contributed by atoms with Gasteiger partial charge in [0.25, 0.3) is 0 Å². The predicted octanol–water partition coefficient (Wildman–Crippen LogP) is 5.93. The van der Waals surface area contributed by atoms with Crippen molar-refractivity contribution in [1.82, 2.24) is 0 Å². The Morgan fingerprint density at radius 2 is 1.90 bits per heavy atom. The number of rotatable bonds is 3. The number of hydrogen-bond acceptors (Lipinski definition) is 1. The average molecular weight is 386 g/mol. The lowest BCUT2D eigenvalue weighted by molar-refractivity contribution is 0.407. The maximum atomic E-state index is 6.70. The van der Waals surface area contributed by atoms with Gasteiger partial charge in [0.15, 0.2) is 0 Å². The van der Waals surface area contributed by atoms with E-state index in [0.717, 1.165) is 27.8 Å². The summed E-state index contributed by atoms with van der Waals surface area (Å²) in [5.41, 5.74) is 4.83. The molecule has 0 saturated heterocycles. The van der Waals surface area contributed by atoms with Crippen LogP contribution in [-0.2, 0) is 12.8 Å². The molecule has 0 saturated carbocycles. The Bertz CT molecular complexity index is 685. The van der Waals surface area contributed by atoms with Gasteiger partial charge in [0.05, 0.1) is 17.0 Å². The first kappa shape index (κ1) is 15.2. The normalized spacial score (nSPS) is 14.9. The van der Waals surface area contributed by atoms with E-state index in [0.29, 0.717) is 5.02 Å². The van der Waals surface area contributed by atoms with E-state index in [2.05, 4.69) is 34.1 Å². The monoisotopic (exact) mass is 384 g/mol. The zero-order chi connectivity index (χ0) is 15.0. The van der Waals surface area contributed by atoms with Gasteiger partial charge in [0, 0.05) is 10.6 Å². The lowest BCUT2D eigenvalue weighted by Crippen LogP contribution is -1.99. The number of methoxy groups -OCH3 is 1. The second-order valence-electron chi connectivity index (χ2n) is 5.25. The van der Waals surface area contributed by atoms with Crippen LogP contribution in [-0.4, -0.2) is 7.11 Å². The van der Waals surface area contributed by atoms with Crippen LogP contribution < -0.4 is 4.74 Å². The van der Waals surface area contributed by atoms with E-state index in [1.54, 1.807) is 7.11 Å². The van der Waals surface area contributed by atoms with Gasteiger partial charge in [-0.1, -0.05) is 29.8 Å². The fourth-order valence-corrected chi connectivity index (χ4v) is 4.21. The van der Waals surface area contributed by atoms with Crippen LogP contribution in [0, 0.1) is 0 Å². The lowest BCUT2D eigenvalue weighted by atomic mass is 9.99. The van der Waals surface area contributed by atoms with Crippen molar-refractivity contribution < 1.29 is 4.74 Å². The van der Waals surface area contributed by atoms with Gasteiger partial charge in [0.1, 0.15) is 5.75 Å². The summed E-state index contributed by atoms with van der Waals surface area (Å²) in [7, 11) is 1.64. The van der Waals surface area contributed by atoms with Gasteiger partial charge >= 0.3 is 0 Å². The average Bonchev–Trinajstić information content (AvgIpc) is 2.93. The van der Waals surface area contributed by atoms with Crippen LogP contribution in [0.25, 0.3) is 0 Å². The summed E-state index contributed by atoms with van der Waals surface area (Å²) in [6.07, 6.45) is 3.55.